The third-order valence-corrected chi connectivity index (χ3v) is 6.77. The van der Waals surface area contributed by atoms with Crippen LogP contribution in [0.25, 0.3) is 0 Å². The van der Waals surface area contributed by atoms with E-state index in [0.29, 0.717) is 6.04 Å². The standard InChI is InChI=1S/C18H24N2O2S/c21-15-6-3-5-14(15)19-8-10-20(11-9-19)18(22)17-12-13-4-1-2-7-16(13)23-17/h1-2,4,7,14-15,17,21H,3,5-6,8-12H2/t14-,15-,17+/m1/s1. The molecule has 2 fully saturated rings. The van der Waals surface area contributed by atoms with Crippen LogP contribution in [-0.4, -0.2) is 64.4 Å². The van der Waals surface area contributed by atoms with Gasteiger partial charge in [-0.2, -0.15) is 0 Å². The number of carbonyl (C=O) groups excluding carboxylic acids is 1. The smallest absolute Gasteiger partial charge is 0.236 e. The molecule has 23 heavy (non-hydrogen) atoms. The fourth-order valence-electron chi connectivity index (χ4n) is 4.14. The molecule has 1 aromatic rings. The van der Waals surface area contributed by atoms with Gasteiger partial charge in [0.15, 0.2) is 0 Å². The Balaban J connectivity index is 1.33. The lowest BCUT2D eigenvalue weighted by molar-refractivity contribution is -0.132. The molecule has 0 radical (unpaired) electrons. The van der Waals surface area contributed by atoms with Crippen LogP contribution >= 0.6 is 11.8 Å². The van der Waals surface area contributed by atoms with Crippen LogP contribution in [0.1, 0.15) is 24.8 Å². The summed E-state index contributed by atoms with van der Waals surface area (Å²) in [6.45, 7) is 3.40. The van der Waals surface area contributed by atoms with Gasteiger partial charge in [0.2, 0.25) is 5.91 Å². The van der Waals surface area contributed by atoms with Crippen LogP contribution in [0, 0.1) is 0 Å². The minimum atomic E-state index is -0.169. The number of piperazine rings is 1. The highest BCUT2D eigenvalue weighted by atomic mass is 32.2. The molecule has 124 valence electrons. The second kappa shape index (κ2) is 6.46. The van der Waals surface area contributed by atoms with E-state index in [1.165, 1.54) is 10.5 Å². The highest BCUT2D eigenvalue weighted by molar-refractivity contribution is 8.01. The van der Waals surface area contributed by atoms with Crippen molar-refractivity contribution in [3.8, 4) is 0 Å². The minimum absolute atomic E-state index is 0.0519. The van der Waals surface area contributed by atoms with E-state index in [0.717, 1.165) is 51.9 Å². The molecule has 0 aromatic heterocycles. The van der Waals surface area contributed by atoms with Crippen molar-refractivity contribution in [2.75, 3.05) is 26.2 Å². The number of thioether (sulfide) groups is 1. The topological polar surface area (TPSA) is 43.8 Å². The van der Waals surface area contributed by atoms with Crippen molar-refractivity contribution in [2.45, 2.75) is 48.0 Å². The van der Waals surface area contributed by atoms with E-state index in [2.05, 4.69) is 23.1 Å². The molecule has 3 aliphatic rings. The Bertz CT molecular complexity index is 561. The second-order valence-corrected chi connectivity index (χ2v) is 8.09. The van der Waals surface area contributed by atoms with Crippen molar-refractivity contribution in [3.63, 3.8) is 0 Å². The summed E-state index contributed by atoms with van der Waals surface area (Å²) in [5.74, 6) is 0.290. The maximum Gasteiger partial charge on any atom is 0.236 e. The SMILES string of the molecule is O=C([C@@H]1Cc2ccccc2S1)N1CCN([C@@H]2CCC[C@H]2O)CC1. The predicted molar refractivity (Wildman–Crippen MR) is 91.6 cm³/mol. The number of aliphatic hydroxyl groups is 1. The van der Waals surface area contributed by atoms with Crippen LogP contribution in [0.4, 0.5) is 0 Å². The molecule has 0 bridgehead atoms. The molecule has 1 amide bonds. The number of hydrogen-bond acceptors (Lipinski definition) is 4. The largest absolute Gasteiger partial charge is 0.391 e. The average molecular weight is 332 g/mol. The lowest BCUT2D eigenvalue weighted by Gasteiger charge is -2.39. The van der Waals surface area contributed by atoms with Gasteiger partial charge < -0.3 is 10.0 Å². The van der Waals surface area contributed by atoms with E-state index in [-0.39, 0.29) is 17.3 Å². The van der Waals surface area contributed by atoms with Gasteiger partial charge in [0.05, 0.1) is 11.4 Å². The molecule has 1 aliphatic carbocycles. The fourth-order valence-corrected chi connectivity index (χ4v) is 5.42. The zero-order valence-corrected chi connectivity index (χ0v) is 14.2. The van der Waals surface area contributed by atoms with Crippen molar-refractivity contribution < 1.29 is 9.90 Å². The van der Waals surface area contributed by atoms with E-state index < -0.39 is 0 Å². The number of amides is 1. The summed E-state index contributed by atoms with van der Waals surface area (Å²) in [5.41, 5.74) is 1.31. The second-order valence-electron chi connectivity index (χ2n) is 6.85. The molecule has 1 N–H and O–H groups in total. The number of carbonyl (C=O) groups is 1. The summed E-state index contributed by atoms with van der Waals surface area (Å²) in [6.07, 6.45) is 3.85. The van der Waals surface area contributed by atoms with Gasteiger partial charge >= 0.3 is 0 Å². The van der Waals surface area contributed by atoms with Crippen LogP contribution in [-0.2, 0) is 11.2 Å². The maximum atomic E-state index is 12.8. The van der Waals surface area contributed by atoms with Crippen LogP contribution in [0.15, 0.2) is 29.2 Å². The highest BCUT2D eigenvalue weighted by Gasteiger charge is 2.36. The summed E-state index contributed by atoms with van der Waals surface area (Å²) in [6, 6.07) is 8.67. The molecule has 1 saturated carbocycles. The first-order valence-corrected chi connectivity index (χ1v) is 9.56. The molecule has 0 spiro atoms. The Morgan fingerprint density at radius 1 is 1.13 bits per heavy atom. The van der Waals surface area contributed by atoms with E-state index in [4.69, 9.17) is 0 Å². The van der Waals surface area contributed by atoms with Crippen molar-refractivity contribution in [1.29, 1.82) is 0 Å². The highest BCUT2D eigenvalue weighted by Crippen LogP contribution is 2.37. The summed E-state index contributed by atoms with van der Waals surface area (Å²) >= 11 is 1.72. The normalized spacial score (nSPS) is 31.3. The zero-order valence-electron chi connectivity index (χ0n) is 13.4. The quantitative estimate of drug-likeness (QED) is 0.896. The van der Waals surface area contributed by atoms with Crippen LogP contribution in [0.5, 0.6) is 0 Å². The van der Waals surface area contributed by atoms with E-state index in [9.17, 15) is 9.90 Å². The molecular formula is C18H24N2O2S. The van der Waals surface area contributed by atoms with Crippen LogP contribution < -0.4 is 0 Å². The van der Waals surface area contributed by atoms with E-state index in [1.807, 2.05) is 11.0 Å². The molecule has 2 heterocycles. The fraction of sp³-hybridized carbons (Fsp3) is 0.611. The Morgan fingerprint density at radius 2 is 1.91 bits per heavy atom. The Labute approximate surface area is 141 Å². The summed E-state index contributed by atoms with van der Waals surface area (Å²) in [4.78, 5) is 18.5. The van der Waals surface area contributed by atoms with Gasteiger partial charge in [-0.15, -0.1) is 11.8 Å². The number of aliphatic hydroxyl groups excluding tert-OH is 1. The van der Waals surface area contributed by atoms with Crippen molar-refractivity contribution in [1.82, 2.24) is 9.80 Å². The van der Waals surface area contributed by atoms with Crippen molar-refractivity contribution >= 4 is 17.7 Å². The third kappa shape index (κ3) is 3.02. The van der Waals surface area contributed by atoms with Crippen LogP contribution in [0.2, 0.25) is 0 Å². The first kappa shape index (κ1) is 15.5. The zero-order chi connectivity index (χ0) is 15.8. The summed E-state index contributed by atoms with van der Waals surface area (Å²) < 4.78 is 0. The van der Waals surface area contributed by atoms with Gasteiger partial charge in [0.25, 0.3) is 0 Å². The minimum Gasteiger partial charge on any atom is -0.391 e. The van der Waals surface area contributed by atoms with Gasteiger partial charge in [-0.05, 0) is 37.3 Å². The molecule has 3 atom stereocenters. The molecule has 5 heteroatoms. The number of rotatable bonds is 2. The number of nitrogens with zero attached hydrogens (tertiary/aromatic N) is 2. The summed E-state index contributed by atoms with van der Waals surface area (Å²) in [5, 5.41) is 10.1. The van der Waals surface area contributed by atoms with Gasteiger partial charge in [-0.3, -0.25) is 9.69 Å². The number of fused-ring (bicyclic) bond motifs is 1. The third-order valence-electron chi connectivity index (χ3n) is 5.46. The first-order chi connectivity index (χ1) is 11.2. The van der Waals surface area contributed by atoms with Gasteiger partial charge in [-0.1, -0.05) is 18.2 Å². The van der Waals surface area contributed by atoms with Crippen molar-refractivity contribution in [2.24, 2.45) is 0 Å². The van der Waals surface area contributed by atoms with E-state index >= 15 is 0 Å². The molecule has 4 rings (SSSR count). The number of hydrogen-bond donors (Lipinski definition) is 1. The van der Waals surface area contributed by atoms with Gasteiger partial charge in [0, 0.05) is 37.1 Å². The molecule has 4 nitrogen and oxygen atoms in total. The lowest BCUT2D eigenvalue weighted by Crippen LogP contribution is -2.55. The van der Waals surface area contributed by atoms with Crippen LogP contribution in [0.3, 0.4) is 0 Å². The molecule has 0 unspecified atom stereocenters. The van der Waals surface area contributed by atoms with Gasteiger partial charge in [0.1, 0.15) is 0 Å². The van der Waals surface area contributed by atoms with Gasteiger partial charge in [-0.25, -0.2) is 0 Å². The average Bonchev–Trinajstić information content (AvgIpc) is 3.20. The predicted octanol–water partition coefficient (Wildman–Crippen LogP) is 1.76. The lowest BCUT2D eigenvalue weighted by atomic mass is 10.1. The monoisotopic (exact) mass is 332 g/mol. The first-order valence-electron chi connectivity index (χ1n) is 8.68. The maximum absolute atomic E-state index is 12.8. The summed E-state index contributed by atoms with van der Waals surface area (Å²) in [7, 11) is 0. The molecular weight excluding hydrogens is 308 g/mol. The number of benzene rings is 1. The Morgan fingerprint density at radius 3 is 2.61 bits per heavy atom. The van der Waals surface area contributed by atoms with Crippen molar-refractivity contribution in [3.05, 3.63) is 29.8 Å². The van der Waals surface area contributed by atoms with E-state index in [1.54, 1.807) is 11.8 Å². The molecule has 1 aromatic carbocycles. The molecule has 2 aliphatic heterocycles. The molecule has 1 saturated heterocycles. The Kier molecular flexibility index (Phi) is 4.35. The Hall–Kier alpha value is -1.04.